The van der Waals surface area contributed by atoms with Gasteiger partial charge in [-0.2, -0.15) is 0 Å². The summed E-state index contributed by atoms with van der Waals surface area (Å²) in [7, 11) is 0. The van der Waals surface area contributed by atoms with E-state index in [-0.39, 0.29) is 0 Å². The number of ether oxygens (including phenoxy) is 1. The second kappa shape index (κ2) is 9.79. The molecular weight excluding hydrogens is 236 g/mol. The molecule has 1 aromatic heterocycles. The molecule has 1 rings (SSSR count). The fourth-order valence-electron chi connectivity index (χ4n) is 1.85. The van der Waals surface area contributed by atoms with Crippen LogP contribution in [-0.4, -0.2) is 18.1 Å². The lowest BCUT2D eigenvalue weighted by atomic mass is 10.2. The Hall–Kier alpha value is -1.09. The average molecular weight is 264 g/mol. The van der Waals surface area contributed by atoms with Crippen molar-refractivity contribution in [3.63, 3.8) is 0 Å². The first-order valence-corrected chi connectivity index (χ1v) is 7.50. The third-order valence-electron chi connectivity index (χ3n) is 2.91. The van der Waals surface area contributed by atoms with Crippen molar-refractivity contribution in [2.24, 2.45) is 5.92 Å². The zero-order chi connectivity index (χ0) is 13.9. The first kappa shape index (κ1) is 16.0. The summed E-state index contributed by atoms with van der Waals surface area (Å²) in [5, 5.41) is 3.39. The topological polar surface area (TPSA) is 34.1 Å². The zero-order valence-electron chi connectivity index (χ0n) is 12.6. The van der Waals surface area contributed by atoms with E-state index < -0.39 is 0 Å². The van der Waals surface area contributed by atoms with Crippen LogP contribution in [0.1, 0.15) is 52.1 Å². The number of nitrogens with one attached hydrogen (secondary N) is 1. The highest BCUT2D eigenvalue weighted by atomic mass is 16.5. The Kier molecular flexibility index (Phi) is 8.23. The minimum Gasteiger partial charge on any atom is -0.493 e. The SMILES string of the molecule is CCCCCCOc1ccnc(CNCC(C)C)c1. The molecule has 0 unspecified atom stereocenters. The summed E-state index contributed by atoms with van der Waals surface area (Å²) in [5.41, 5.74) is 1.05. The van der Waals surface area contributed by atoms with Gasteiger partial charge >= 0.3 is 0 Å². The van der Waals surface area contributed by atoms with Gasteiger partial charge in [-0.15, -0.1) is 0 Å². The van der Waals surface area contributed by atoms with E-state index in [9.17, 15) is 0 Å². The van der Waals surface area contributed by atoms with Gasteiger partial charge in [-0.3, -0.25) is 4.98 Å². The van der Waals surface area contributed by atoms with E-state index in [1.54, 1.807) is 0 Å². The minimum atomic E-state index is 0.665. The molecule has 0 aliphatic rings. The van der Waals surface area contributed by atoms with E-state index in [4.69, 9.17) is 4.74 Å². The molecule has 1 N–H and O–H groups in total. The van der Waals surface area contributed by atoms with Crippen LogP contribution in [0.2, 0.25) is 0 Å². The summed E-state index contributed by atoms with van der Waals surface area (Å²) in [6, 6.07) is 3.97. The van der Waals surface area contributed by atoms with Gasteiger partial charge in [0.25, 0.3) is 0 Å². The number of unbranched alkanes of at least 4 members (excludes halogenated alkanes) is 3. The van der Waals surface area contributed by atoms with Crippen molar-refractivity contribution in [1.29, 1.82) is 0 Å². The smallest absolute Gasteiger partial charge is 0.122 e. The molecule has 0 bridgehead atoms. The van der Waals surface area contributed by atoms with Crippen molar-refractivity contribution in [3.05, 3.63) is 24.0 Å². The number of rotatable bonds is 10. The van der Waals surface area contributed by atoms with Crippen molar-refractivity contribution < 1.29 is 4.74 Å². The van der Waals surface area contributed by atoms with E-state index in [1.807, 2.05) is 18.3 Å². The summed E-state index contributed by atoms with van der Waals surface area (Å²) in [6.45, 7) is 9.27. The van der Waals surface area contributed by atoms with Crippen molar-refractivity contribution in [2.45, 2.75) is 53.0 Å². The number of hydrogen-bond acceptors (Lipinski definition) is 3. The molecule has 0 aliphatic carbocycles. The summed E-state index contributed by atoms with van der Waals surface area (Å²) in [5.74, 6) is 1.60. The van der Waals surface area contributed by atoms with Gasteiger partial charge in [0.05, 0.1) is 12.3 Å². The molecule has 0 amide bonds. The second-order valence-corrected chi connectivity index (χ2v) is 5.42. The molecule has 1 heterocycles. The van der Waals surface area contributed by atoms with Gasteiger partial charge in [0.1, 0.15) is 5.75 Å². The third-order valence-corrected chi connectivity index (χ3v) is 2.91. The lowest BCUT2D eigenvalue weighted by Gasteiger charge is -2.09. The van der Waals surface area contributed by atoms with Crippen LogP contribution in [0.15, 0.2) is 18.3 Å². The molecule has 0 saturated heterocycles. The molecule has 0 radical (unpaired) electrons. The van der Waals surface area contributed by atoms with E-state index in [2.05, 4.69) is 31.1 Å². The lowest BCUT2D eigenvalue weighted by molar-refractivity contribution is 0.304. The highest BCUT2D eigenvalue weighted by Crippen LogP contribution is 2.12. The van der Waals surface area contributed by atoms with Gasteiger partial charge < -0.3 is 10.1 Å². The maximum Gasteiger partial charge on any atom is 0.122 e. The molecule has 108 valence electrons. The van der Waals surface area contributed by atoms with Crippen LogP contribution in [0.3, 0.4) is 0 Å². The van der Waals surface area contributed by atoms with E-state index in [0.29, 0.717) is 5.92 Å². The molecule has 3 nitrogen and oxygen atoms in total. The van der Waals surface area contributed by atoms with Crippen LogP contribution in [-0.2, 0) is 6.54 Å². The standard InChI is InChI=1S/C16H28N2O/c1-4-5-6-7-10-19-16-8-9-18-15(11-16)13-17-12-14(2)3/h8-9,11,14,17H,4-7,10,12-13H2,1-3H3. The Morgan fingerprint density at radius 1 is 1.26 bits per heavy atom. The Labute approximate surface area is 117 Å². The fourth-order valence-corrected chi connectivity index (χ4v) is 1.85. The third kappa shape index (κ3) is 7.83. The van der Waals surface area contributed by atoms with Gasteiger partial charge in [0.2, 0.25) is 0 Å². The molecule has 0 spiro atoms. The van der Waals surface area contributed by atoms with Crippen molar-refractivity contribution in [2.75, 3.05) is 13.2 Å². The largest absolute Gasteiger partial charge is 0.493 e. The average Bonchev–Trinajstić information content (AvgIpc) is 2.39. The molecule has 19 heavy (non-hydrogen) atoms. The maximum atomic E-state index is 5.75. The zero-order valence-corrected chi connectivity index (χ0v) is 12.6. The molecule has 0 aromatic carbocycles. The molecule has 0 aliphatic heterocycles. The maximum absolute atomic E-state index is 5.75. The summed E-state index contributed by atoms with van der Waals surface area (Å²) in [6.07, 6.45) is 6.78. The van der Waals surface area contributed by atoms with Gasteiger partial charge in [0.15, 0.2) is 0 Å². The molecule has 3 heteroatoms. The van der Waals surface area contributed by atoms with Crippen LogP contribution in [0.4, 0.5) is 0 Å². The number of aromatic nitrogens is 1. The van der Waals surface area contributed by atoms with Crippen LogP contribution >= 0.6 is 0 Å². The summed E-state index contributed by atoms with van der Waals surface area (Å²) >= 11 is 0. The fraction of sp³-hybridized carbons (Fsp3) is 0.688. The number of hydrogen-bond donors (Lipinski definition) is 1. The predicted octanol–water partition coefficient (Wildman–Crippen LogP) is 3.79. The molecule has 0 saturated carbocycles. The van der Waals surface area contributed by atoms with E-state index >= 15 is 0 Å². The van der Waals surface area contributed by atoms with Crippen LogP contribution in [0, 0.1) is 5.92 Å². The van der Waals surface area contributed by atoms with Crippen LogP contribution in [0.25, 0.3) is 0 Å². The van der Waals surface area contributed by atoms with Crippen molar-refractivity contribution >= 4 is 0 Å². The summed E-state index contributed by atoms with van der Waals surface area (Å²) < 4.78 is 5.75. The normalized spacial score (nSPS) is 10.9. The predicted molar refractivity (Wildman–Crippen MR) is 80.4 cm³/mol. The van der Waals surface area contributed by atoms with Crippen LogP contribution in [0.5, 0.6) is 5.75 Å². The first-order chi connectivity index (χ1) is 9.22. The van der Waals surface area contributed by atoms with Crippen molar-refractivity contribution in [1.82, 2.24) is 10.3 Å². The number of nitrogens with zero attached hydrogens (tertiary/aromatic N) is 1. The Balaban J connectivity index is 2.27. The van der Waals surface area contributed by atoms with Crippen LogP contribution < -0.4 is 10.1 Å². The van der Waals surface area contributed by atoms with E-state index in [1.165, 1.54) is 19.3 Å². The highest BCUT2D eigenvalue weighted by Gasteiger charge is 1.99. The molecule has 0 fully saturated rings. The summed E-state index contributed by atoms with van der Waals surface area (Å²) in [4.78, 5) is 4.35. The lowest BCUT2D eigenvalue weighted by Crippen LogP contribution is -2.19. The monoisotopic (exact) mass is 264 g/mol. The van der Waals surface area contributed by atoms with E-state index in [0.717, 1.165) is 37.6 Å². The Morgan fingerprint density at radius 3 is 2.84 bits per heavy atom. The molecule has 1 aromatic rings. The molecular formula is C16H28N2O. The van der Waals surface area contributed by atoms with Gasteiger partial charge in [0, 0.05) is 18.8 Å². The quantitative estimate of drug-likeness (QED) is 0.653. The van der Waals surface area contributed by atoms with Crippen molar-refractivity contribution in [3.8, 4) is 5.75 Å². The Bertz CT molecular complexity index is 339. The molecule has 0 atom stereocenters. The second-order valence-electron chi connectivity index (χ2n) is 5.42. The highest BCUT2D eigenvalue weighted by molar-refractivity contribution is 5.22. The van der Waals surface area contributed by atoms with Gasteiger partial charge in [-0.05, 0) is 24.9 Å². The Morgan fingerprint density at radius 2 is 2.11 bits per heavy atom. The number of pyridine rings is 1. The minimum absolute atomic E-state index is 0.665. The first-order valence-electron chi connectivity index (χ1n) is 7.50. The van der Waals surface area contributed by atoms with Gasteiger partial charge in [-0.1, -0.05) is 40.0 Å². The van der Waals surface area contributed by atoms with Gasteiger partial charge in [-0.25, -0.2) is 0 Å².